The predicted octanol–water partition coefficient (Wildman–Crippen LogP) is 4.73. The highest BCUT2D eigenvalue weighted by molar-refractivity contribution is 9.10. The van der Waals surface area contributed by atoms with Gasteiger partial charge >= 0.3 is 0 Å². The van der Waals surface area contributed by atoms with E-state index in [1.807, 2.05) is 12.1 Å². The zero-order valence-corrected chi connectivity index (χ0v) is 13.7. The summed E-state index contributed by atoms with van der Waals surface area (Å²) >= 11 is 7.02. The van der Waals surface area contributed by atoms with E-state index in [1.165, 1.54) is 31.7 Å². The maximum absolute atomic E-state index is 13.2. The lowest BCUT2D eigenvalue weighted by Gasteiger charge is -2.35. The minimum Gasteiger partial charge on any atom is -0.298 e. The minimum atomic E-state index is -0.197. The van der Waals surface area contributed by atoms with Crippen molar-refractivity contribution in [3.05, 3.63) is 34.1 Å². The van der Waals surface area contributed by atoms with E-state index in [2.05, 4.69) is 43.8 Å². The topological polar surface area (TPSA) is 3.24 Å². The van der Waals surface area contributed by atoms with Gasteiger partial charge in [0.25, 0.3) is 0 Å². The molecule has 1 saturated carbocycles. The van der Waals surface area contributed by atoms with Crippen molar-refractivity contribution >= 4 is 31.9 Å². The monoisotopic (exact) mass is 377 g/mol. The van der Waals surface area contributed by atoms with Crippen molar-refractivity contribution in [3.8, 4) is 0 Å². The predicted molar refractivity (Wildman–Crippen MR) is 80.5 cm³/mol. The smallest absolute Gasteiger partial charge is 0.137 e. The van der Waals surface area contributed by atoms with Crippen LogP contribution in [0.2, 0.25) is 0 Å². The van der Waals surface area contributed by atoms with E-state index in [1.54, 1.807) is 0 Å². The Kier molecular flexibility index (Phi) is 5.22. The van der Waals surface area contributed by atoms with Gasteiger partial charge in [0.1, 0.15) is 5.82 Å². The Morgan fingerprint density at radius 3 is 2.72 bits per heavy atom. The lowest BCUT2D eigenvalue weighted by atomic mass is 9.94. The van der Waals surface area contributed by atoms with Gasteiger partial charge in [0.05, 0.1) is 4.47 Å². The first-order valence-corrected chi connectivity index (χ1v) is 8.07. The van der Waals surface area contributed by atoms with Crippen LogP contribution in [0.25, 0.3) is 0 Å². The molecule has 0 aromatic heterocycles. The molecule has 0 N–H and O–H groups in total. The van der Waals surface area contributed by atoms with Gasteiger partial charge in [0.15, 0.2) is 0 Å². The average molecular weight is 379 g/mol. The summed E-state index contributed by atoms with van der Waals surface area (Å²) in [5.41, 5.74) is 1.15. The maximum Gasteiger partial charge on any atom is 0.137 e. The molecule has 2 atom stereocenters. The number of benzene rings is 1. The van der Waals surface area contributed by atoms with Crippen molar-refractivity contribution in [2.24, 2.45) is 0 Å². The fraction of sp³-hybridized carbons (Fsp3) is 0.571. The van der Waals surface area contributed by atoms with Gasteiger partial charge in [-0.3, -0.25) is 4.90 Å². The van der Waals surface area contributed by atoms with Crippen LogP contribution in [0.3, 0.4) is 0 Å². The molecule has 0 bridgehead atoms. The van der Waals surface area contributed by atoms with E-state index in [9.17, 15) is 4.39 Å². The summed E-state index contributed by atoms with van der Waals surface area (Å²) in [5, 5.41) is 0. The van der Waals surface area contributed by atoms with Crippen LogP contribution >= 0.6 is 31.9 Å². The second-order valence-corrected chi connectivity index (χ2v) is 7.06. The van der Waals surface area contributed by atoms with Crippen LogP contribution in [0, 0.1) is 5.82 Å². The number of rotatable bonds is 3. The Morgan fingerprint density at radius 1 is 1.33 bits per heavy atom. The summed E-state index contributed by atoms with van der Waals surface area (Å²) < 4.78 is 13.7. The Morgan fingerprint density at radius 2 is 2.06 bits per heavy atom. The number of nitrogens with zero attached hydrogens (tertiary/aromatic N) is 1. The molecule has 1 aromatic carbocycles. The van der Waals surface area contributed by atoms with E-state index in [0.29, 0.717) is 15.3 Å². The summed E-state index contributed by atoms with van der Waals surface area (Å²) in [6.07, 6.45) is 5.13. The third-order valence-corrected chi connectivity index (χ3v) is 5.31. The average Bonchev–Trinajstić information content (AvgIpc) is 2.34. The van der Waals surface area contributed by atoms with Gasteiger partial charge in [-0.2, -0.15) is 0 Å². The van der Waals surface area contributed by atoms with Gasteiger partial charge in [-0.25, -0.2) is 4.39 Å². The first-order valence-electron chi connectivity index (χ1n) is 6.36. The van der Waals surface area contributed by atoms with Gasteiger partial charge in [0, 0.05) is 17.4 Å². The second kappa shape index (κ2) is 6.49. The summed E-state index contributed by atoms with van der Waals surface area (Å²) in [6, 6.07) is 5.85. The third kappa shape index (κ3) is 3.55. The Hall–Kier alpha value is 0.0700. The van der Waals surface area contributed by atoms with Crippen molar-refractivity contribution in [1.82, 2.24) is 4.90 Å². The highest BCUT2D eigenvalue weighted by atomic mass is 79.9. The largest absolute Gasteiger partial charge is 0.298 e. The van der Waals surface area contributed by atoms with Crippen LogP contribution in [0.15, 0.2) is 22.7 Å². The van der Waals surface area contributed by atoms with Crippen molar-refractivity contribution in [2.45, 2.75) is 43.1 Å². The first-order chi connectivity index (χ1) is 8.58. The van der Waals surface area contributed by atoms with E-state index in [4.69, 9.17) is 0 Å². The molecule has 0 amide bonds. The number of alkyl halides is 1. The molecule has 0 heterocycles. The van der Waals surface area contributed by atoms with Crippen LogP contribution in [0.4, 0.5) is 4.39 Å². The number of hydrogen-bond donors (Lipinski definition) is 0. The summed E-state index contributed by atoms with van der Waals surface area (Å²) in [4.78, 5) is 2.96. The first kappa shape index (κ1) is 14.5. The van der Waals surface area contributed by atoms with Crippen molar-refractivity contribution in [1.29, 1.82) is 0 Å². The fourth-order valence-electron chi connectivity index (χ4n) is 2.61. The Bertz CT molecular complexity index is 411. The van der Waals surface area contributed by atoms with E-state index >= 15 is 0 Å². The summed E-state index contributed by atoms with van der Waals surface area (Å²) in [5.74, 6) is -0.197. The molecule has 1 aliphatic carbocycles. The molecular formula is C14H18Br2FN. The molecule has 100 valence electrons. The molecule has 0 radical (unpaired) electrons. The molecular weight excluding hydrogens is 361 g/mol. The lowest BCUT2D eigenvalue weighted by molar-refractivity contribution is 0.193. The summed E-state index contributed by atoms with van der Waals surface area (Å²) in [6.45, 7) is 0.867. The summed E-state index contributed by atoms with van der Waals surface area (Å²) in [7, 11) is 2.15. The van der Waals surface area contributed by atoms with E-state index in [0.717, 1.165) is 12.1 Å². The van der Waals surface area contributed by atoms with Crippen molar-refractivity contribution < 1.29 is 4.39 Å². The SMILES string of the molecule is CN(Cc1ccc(F)c(Br)c1)C1CCCCC1Br. The number of hydrogen-bond acceptors (Lipinski definition) is 1. The van der Waals surface area contributed by atoms with Gasteiger partial charge in [-0.1, -0.05) is 34.8 Å². The molecule has 1 aliphatic rings. The highest BCUT2D eigenvalue weighted by Crippen LogP contribution is 2.29. The molecule has 0 aliphatic heterocycles. The molecule has 2 unspecified atom stereocenters. The quantitative estimate of drug-likeness (QED) is 0.687. The Balaban J connectivity index is 2.01. The van der Waals surface area contributed by atoms with Crippen LogP contribution < -0.4 is 0 Å². The van der Waals surface area contributed by atoms with Gasteiger partial charge in [0.2, 0.25) is 0 Å². The van der Waals surface area contributed by atoms with Gasteiger partial charge < -0.3 is 0 Å². The van der Waals surface area contributed by atoms with E-state index < -0.39 is 0 Å². The van der Waals surface area contributed by atoms with Gasteiger partial charge in [-0.05, 0) is 53.5 Å². The molecule has 4 heteroatoms. The van der Waals surface area contributed by atoms with Crippen molar-refractivity contribution in [3.63, 3.8) is 0 Å². The fourth-order valence-corrected chi connectivity index (χ4v) is 4.02. The van der Waals surface area contributed by atoms with Crippen LogP contribution in [-0.2, 0) is 6.54 Å². The lowest BCUT2D eigenvalue weighted by Crippen LogP contribution is -2.40. The van der Waals surface area contributed by atoms with Crippen LogP contribution in [0.1, 0.15) is 31.2 Å². The van der Waals surface area contributed by atoms with Gasteiger partial charge in [-0.15, -0.1) is 0 Å². The van der Waals surface area contributed by atoms with E-state index in [-0.39, 0.29) is 5.82 Å². The minimum absolute atomic E-state index is 0.197. The second-order valence-electron chi connectivity index (χ2n) is 5.03. The third-order valence-electron chi connectivity index (χ3n) is 3.63. The molecule has 18 heavy (non-hydrogen) atoms. The molecule has 1 nitrogen and oxygen atoms in total. The molecule has 1 aromatic rings. The Labute approximate surface area is 125 Å². The van der Waals surface area contributed by atoms with Crippen LogP contribution in [0.5, 0.6) is 0 Å². The van der Waals surface area contributed by atoms with Crippen molar-refractivity contribution in [2.75, 3.05) is 7.05 Å². The molecule has 1 fully saturated rings. The normalized spacial score (nSPS) is 24.5. The standard InChI is InChI=1S/C14H18Br2FN/c1-18(14-5-3-2-4-11(14)15)9-10-6-7-13(17)12(16)8-10/h6-8,11,14H,2-5,9H2,1H3. The number of halogens is 3. The zero-order chi connectivity index (χ0) is 13.1. The van der Waals surface area contributed by atoms with Crippen LogP contribution in [-0.4, -0.2) is 22.8 Å². The maximum atomic E-state index is 13.2. The molecule has 2 rings (SSSR count). The molecule has 0 saturated heterocycles. The highest BCUT2D eigenvalue weighted by Gasteiger charge is 2.26. The molecule has 0 spiro atoms. The zero-order valence-electron chi connectivity index (χ0n) is 10.5.